The second-order valence-corrected chi connectivity index (χ2v) is 6.11. The SMILES string of the molecule is C=CCN1CC[C@]2(c3cccc(O)c3)CC=CC[C@H]2C1. The van der Waals surface area contributed by atoms with E-state index in [0.29, 0.717) is 11.7 Å². The summed E-state index contributed by atoms with van der Waals surface area (Å²) in [5.74, 6) is 1.03. The fourth-order valence-electron chi connectivity index (χ4n) is 3.92. The lowest BCUT2D eigenvalue weighted by Gasteiger charge is -2.49. The maximum atomic E-state index is 9.83. The third-order valence-electron chi connectivity index (χ3n) is 5.01. The minimum Gasteiger partial charge on any atom is -0.508 e. The number of phenolic OH excluding ortho intramolecular Hbond substituents is 1. The molecule has 2 heteroatoms. The van der Waals surface area contributed by atoms with Crippen LogP contribution in [-0.4, -0.2) is 29.6 Å². The number of rotatable bonds is 3. The van der Waals surface area contributed by atoms with Gasteiger partial charge < -0.3 is 5.11 Å². The van der Waals surface area contributed by atoms with Gasteiger partial charge in [-0.25, -0.2) is 0 Å². The van der Waals surface area contributed by atoms with Crippen LogP contribution in [0.2, 0.25) is 0 Å². The third-order valence-corrected chi connectivity index (χ3v) is 5.01. The van der Waals surface area contributed by atoms with Crippen molar-refractivity contribution in [2.24, 2.45) is 5.92 Å². The standard InChI is InChI=1S/C18H23NO/c1-2-11-19-12-10-18(9-4-3-6-16(18)14-19)15-7-5-8-17(20)13-15/h2-5,7-8,13,16,20H,1,6,9-12,14H2/t16-,18-/m0/s1. The summed E-state index contributed by atoms with van der Waals surface area (Å²) < 4.78 is 0. The Balaban J connectivity index is 1.93. The maximum Gasteiger partial charge on any atom is 0.115 e. The molecule has 106 valence electrons. The van der Waals surface area contributed by atoms with Gasteiger partial charge in [0.1, 0.15) is 5.75 Å². The lowest BCUT2D eigenvalue weighted by Crippen LogP contribution is -2.50. The molecule has 0 aromatic heterocycles. The van der Waals surface area contributed by atoms with Gasteiger partial charge in [-0.05, 0) is 49.4 Å². The summed E-state index contributed by atoms with van der Waals surface area (Å²) in [5.41, 5.74) is 1.52. The van der Waals surface area contributed by atoms with Crippen LogP contribution >= 0.6 is 0 Å². The molecule has 1 aromatic carbocycles. The van der Waals surface area contributed by atoms with E-state index < -0.39 is 0 Å². The molecule has 1 heterocycles. The fraction of sp³-hybridized carbons (Fsp3) is 0.444. The normalized spacial score (nSPS) is 29.9. The first kappa shape index (κ1) is 13.4. The van der Waals surface area contributed by atoms with Crippen molar-refractivity contribution in [1.29, 1.82) is 0 Å². The molecule has 1 aliphatic carbocycles. The Kier molecular flexibility index (Phi) is 3.66. The number of allylic oxidation sites excluding steroid dienone is 2. The van der Waals surface area contributed by atoms with E-state index in [1.54, 1.807) is 6.07 Å². The minimum atomic E-state index is 0.213. The number of hydrogen-bond donors (Lipinski definition) is 1. The number of phenols is 1. The van der Waals surface area contributed by atoms with Gasteiger partial charge in [0.05, 0.1) is 0 Å². The molecule has 20 heavy (non-hydrogen) atoms. The molecule has 0 spiro atoms. The highest BCUT2D eigenvalue weighted by atomic mass is 16.3. The van der Waals surface area contributed by atoms with Gasteiger partial charge in [0.25, 0.3) is 0 Å². The monoisotopic (exact) mass is 269 g/mol. The van der Waals surface area contributed by atoms with Crippen molar-refractivity contribution in [2.75, 3.05) is 19.6 Å². The second kappa shape index (κ2) is 5.45. The topological polar surface area (TPSA) is 23.5 Å². The molecule has 1 fully saturated rings. The zero-order valence-corrected chi connectivity index (χ0v) is 12.0. The van der Waals surface area contributed by atoms with Gasteiger partial charge in [0.15, 0.2) is 0 Å². The lowest BCUT2D eigenvalue weighted by atomic mass is 9.61. The number of nitrogens with zero attached hydrogens (tertiary/aromatic N) is 1. The largest absolute Gasteiger partial charge is 0.508 e. The average Bonchev–Trinajstić information content (AvgIpc) is 2.47. The van der Waals surface area contributed by atoms with Gasteiger partial charge in [-0.1, -0.05) is 30.4 Å². The Morgan fingerprint density at radius 3 is 3.10 bits per heavy atom. The predicted octanol–water partition coefficient (Wildman–Crippen LogP) is 3.49. The number of fused-ring (bicyclic) bond motifs is 1. The molecule has 0 amide bonds. The molecule has 3 rings (SSSR count). The zero-order chi connectivity index (χ0) is 14.0. The maximum absolute atomic E-state index is 9.83. The molecule has 1 N–H and O–H groups in total. The molecule has 1 aliphatic heterocycles. The Bertz CT molecular complexity index is 522. The Morgan fingerprint density at radius 2 is 2.30 bits per heavy atom. The number of hydrogen-bond acceptors (Lipinski definition) is 2. The average molecular weight is 269 g/mol. The Morgan fingerprint density at radius 1 is 1.40 bits per heavy atom. The molecular weight excluding hydrogens is 246 g/mol. The van der Waals surface area contributed by atoms with Crippen molar-refractivity contribution in [2.45, 2.75) is 24.7 Å². The highest BCUT2D eigenvalue weighted by Crippen LogP contribution is 2.47. The summed E-state index contributed by atoms with van der Waals surface area (Å²) >= 11 is 0. The molecule has 2 atom stereocenters. The van der Waals surface area contributed by atoms with E-state index >= 15 is 0 Å². The van der Waals surface area contributed by atoms with Gasteiger partial charge in [0.2, 0.25) is 0 Å². The van der Waals surface area contributed by atoms with Crippen molar-refractivity contribution in [3.63, 3.8) is 0 Å². The Hall–Kier alpha value is -1.54. The van der Waals surface area contributed by atoms with Crippen LogP contribution in [0.3, 0.4) is 0 Å². The van der Waals surface area contributed by atoms with Crippen LogP contribution < -0.4 is 0 Å². The van der Waals surface area contributed by atoms with Gasteiger partial charge in [-0.15, -0.1) is 6.58 Å². The highest BCUT2D eigenvalue weighted by molar-refractivity contribution is 5.36. The Labute approximate surface area is 121 Å². The predicted molar refractivity (Wildman–Crippen MR) is 82.9 cm³/mol. The van der Waals surface area contributed by atoms with Gasteiger partial charge in [-0.3, -0.25) is 4.90 Å². The van der Waals surface area contributed by atoms with E-state index in [9.17, 15) is 5.11 Å². The van der Waals surface area contributed by atoms with Gasteiger partial charge in [-0.2, -0.15) is 0 Å². The first-order chi connectivity index (χ1) is 9.74. The zero-order valence-electron chi connectivity index (χ0n) is 12.0. The molecule has 0 unspecified atom stereocenters. The molecule has 0 radical (unpaired) electrons. The molecule has 2 aliphatic rings. The number of aromatic hydroxyl groups is 1. The van der Waals surface area contributed by atoms with Crippen molar-refractivity contribution < 1.29 is 5.11 Å². The van der Waals surface area contributed by atoms with Crippen molar-refractivity contribution in [3.05, 3.63) is 54.6 Å². The number of likely N-dealkylation sites (tertiary alicyclic amines) is 1. The molecular formula is C18H23NO. The van der Waals surface area contributed by atoms with Crippen LogP contribution in [0.5, 0.6) is 5.75 Å². The summed E-state index contributed by atoms with van der Waals surface area (Å²) in [7, 11) is 0. The van der Waals surface area contributed by atoms with E-state index in [2.05, 4.69) is 29.7 Å². The molecule has 1 saturated heterocycles. The summed E-state index contributed by atoms with van der Waals surface area (Å²) in [6, 6.07) is 7.90. The summed E-state index contributed by atoms with van der Waals surface area (Å²) in [4.78, 5) is 2.50. The van der Waals surface area contributed by atoms with E-state index in [-0.39, 0.29) is 5.41 Å². The fourth-order valence-corrected chi connectivity index (χ4v) is 3.92. The van der Waals surface area contributed by atoms with Crippen molar-refractivity contribution in [3.8, 4) is 5.75 Å². The first-order valence-corrected chi connectivity index (χ1v) is 7.52. The van der Waals surface area contributed by atoms with Crippen LogP contribution in [0, 0.1) is 5.92 Å². The van der Waals surface area contributed by atoms with E-state index in [0.717, 1.165) is 32.5 Å². The van der Waals surface area contributed by atoms with Gasteiger partial charge >= 0.3 is 0 Å². The van der Waals surface area contributed by atoms with E-state index in [1.165, 1.54) is 12.0 Å². The highest BCUT2D eigenvalue weighted by Gasteiger charge is 2.43. The van der Waals surface area contributed by atoms with Crippen LogP contribution in [0.1, 0.15) is 24.8 Å². The van der Waals surface area contributed by atoms with Crippen LogP contribution in [0.4, 0.5) is 0 Å². The molecule has 0 bridgehead atoms. The second-order valence-electron chi connectivity index (χ2n) is 6.11. The lowest BCUT2D eigenvalue weighted by molar-refractivity contribution is 0.0957. The van der Waals surface area contributed by atoms with Crippen LogP contribution in [0.15, 0.2) is 49.1 Å². The van der Waals surface area contributed by atoms with Crippen molar-refractivity contribution in [1.82, 2.24) is 4.90 Å². The minimum absolute atomic E-state index is 0.213. The van der Waals surface area contributed by atoms with Gasteiger partial charge in [0, 0.05) is 18.5 Å². The molecule has 1 aromatic rings. The summed E-state index contributed by atoms with van der Waals surface area (Å²) in [5, 5.41) is 9.83. The van der Waals surface area contributed by atoms with Crippen molar-refractivity contribution >= 4 is 0 Å². The summed E-state index contributed by atoms with van der Waals surface area (Å²) in [6.45, 7) is 7.09. The smallest absolute Gasteiger partial charge is 0.115 e. The van der Waals surface area contributed by atoms with Crippen LogP contribution in [0.25, 0.3) is 0 Å². The number of benzene rings is 1. The first-order valence-electron chi connectivity index (χ1n) is 7.52. The number of piperidine rings is 1. The third kappa shape index (κ3) is 2.29. The van der Waals surface area contributed by atoms with Crippen LogP contribution in [-0.2, 0) is 5.41 Å². The quantitative estimate of drug-likeness (QED) is 0.849. The van der Waals surface area contributed by atoms with E-state index in [1.807, 2.05) is 18.2 Å². The van der Waals surface area contributed by atoms with E-state index in [4.69, 9.17) is 0 Å². The molecule has 0 saturated carbocycles. The molecule has 2 nitrogen and oxygen atoms in total. The summed E-state index contributed by atoms with van der Waals surface area (Å²) in [6.07, 6.45) is 10.1.